The van der Waals surface area contributed by atoms with Crippen LogP contribution in [0.1, 0.15) is 13.8 Å². The Morgan fingerprint density at radius 1 is 0.735 bits per heavy atom. The number of nitrogens with one attached hydrogen (secondary N) is 1. The van der Waals surface area contributed by atoms with Crippen molar-refractivity contribution in [3.8, 4) is 0 Å². The second kappa shape index (κ2) is 18.9. The standard InChI is InChI=1S/C21H35N3O10/c1-18(2)34-16-15-33-14-13-32-12-11-31-10-9-30-8-7-29-6-5-22-20-4-3-19(23(25)26)17-21(20)24(27)28/h3-4,17-18,22H,5-16H2,1-2H3. The molecule has 0 spiro atoms. The van der Waals surface area contributed by atoms with Crippen LogP contribution in [0.5, 0.6) is 0 Å². The van der Waals surface area contributed by atoms with Crippen molar-refractivity contribution in [2.75, 3.05) is 84.5 Å². The minimum atomic E-state index is -0.678. The highest BCUT2D eigenvalue weighted by molar-refractivity contribution is 5.65. The first-order valence-electron chi connectivity index (χ1n) is 11.1. The van der Waals surface area contributed by atoms with Gasteiger partial charge in [-0.25, -0.2) is 0 Å². The molecule has 0 saturated carbocycles. The van der Waals surface area contributed by atoms with Gasteiger partial charge in [0.1, 0.15) is 5.69 Å². The summed E-state index contributed by atoms with van der Waals surface area (Å²) in [6, 6.07) is 3.44. The van der Waals surface area contributed by atoms with E-state index in [1.165, 1.54) is 12.1 Å². The van der Waals surface area contributed by atoms with E-state index >= 15 is 0 Å². The summed E-state index contributed by atoms with van der Waals surface area (Å²) in [6.45, 7) is 9.27. The zero-order valence-electron chi connectivity index (χ0n) is 19.8. The van der Waals surface area contributed by atoms with E-state index < -0.39 is 9.85 Å². The van der Waals surface area contributed by atoms with Crippen molar-refractivity contribution in [3.63, 3.8) is 0 Å². The van der Waals surface area contributed by atoms with Crippen molar-refractivity contribution in [2.24, 2.45) is 0 Å². The number of rotatable bonds is 22. The van der Waals surface area contributed by atoms with E-state index in [4.69, 9.17) is 28.4 Å². The van der Waals surface area contributed by atoms with E-state index in [0.717, 1.165) is 6.07 Å². The van der Waals surface area contributed by atoms with E-state index in [0.29, 0.717) is 79.2 Å². The second-order valence-electron chi connectivity index (χ2n) is 7.12. The molecule has 34 heavy (non-hydrogen) atoms. The van der Waals surface area contributed by atoms with E-state index in [1.807, 2.05) is 13.8 Å². The second-order valence-corrected chi connectivity index (χ2v) is 7.12. The number of nitro groups is 2. The lowest BCUT2D eigenvalue weighted by Crippen LogP contribution is -2.15. The van der Waals surface area contributed by atoms with Crippen molar-refractivity contribution < 1.29 is 38.3 Å². The Labute approximate surface area is 198 Å². The third kappa shape index (κ3) is 14.7. The number of hydrogen-bond donors (Lipinski definition) is 1. The molecule has 0 heterocycles. The summed E-state index contributed by atoms with van der Waals surface area (Å²) >= 11 is 0. The predicted molar refractivity (Wildman–Crippen MR) is 123 cm³/mol. The molecule has 13 heteroatoms. The van der Waals surface area contributed by atoms with Gasteiger partial charge in [0, 0.05) is 12.6 Å². The molecule has 0 aliphatic rings. The van der Waals surface area contributed by atoms with Crippen LogP contribution in [0.2, 0.25) is 0 Å². The van der Waals surface area contributed by atoms with Gasteiger partial charge in [-0.2, -0.15) is 0 Å². The van der Waals surface area contributed by atoms with Crippen LogP contribution in [0.15, 0.2) is 18.2 Å². The molecule has 0 bridgehead atoms. The number of non-ortho nitro benzene ring substituents is 1. The minimum absolute atomic E-state index is 0.195. The molecule has 0 unspecified atom stereocenters. The third-order valence-electron chi connectivity index (χ3n) is 4.12. The molecular weight excluding hydrogens is 454 g/mol. The van der Waals surface area contributed by atoms with E-state index in [9.17, 15) is 20.2 Å². The molecule has 0 fully saturated rings. The highest BCUT2D eigenvalue weighted by atomic mass is 16.6. The molecule has 0 amide bonds. The summed E-state index contributed by atoms with van der Waals surface area (Å²) in [6.07, 6.45) is 0.209. The van der Waals surface area contributed by atoms with Gasteiger partial charge in [-0.1, -0.05) is 0 Å². The van der Waals surface area contributed by atoms with Gasteiger partial charge in [-0.3, -0.25) is 20.2 Å². The van der Waals surface area contributed by atoms with Crippen LogP contribution in [-0.4, -0.2) is 95.2 Å². The van der Waals surface area contributed by atoms with Crippen molar-refractivity contribution >= 4 is 17.1 Å². The number of hydrogen-bond acceptors (Lipinski definition) is 11. The van der Waals surface area contributed by atoms with Gasteiger partial charge in [-0.15, -0.1) is 0 Å². The van der Waals surface area contributed by atoms with Gasteiger partial charge in [0.25, 0.3) is 11.4 Å². The Kier molecular flexibility index (Phi) is 16.5. The molecule has 13 nitrogen and oxygen atoms in total. The van der Waals surface area contributed by atoms with Gasteiger partial charge in [0.05, 0.1) is 94.7 Å². The average Bonchev–Trinajstić information content (AvgIpc) is 2.80. The SMILES string of the molecule is CC(C)OCCOCCOCCOCCOCCOCCNc1ccc([N+](=O)[O-])cc1[N+](=O)[O-]. The lowest BCUT2D eigenvalue weighted by Gasteiger charge is -2.09. The summed E-state index contributed by atoms with van der Waals surface area (Å²) in [7, 11) is 0. The zero-order chi connectivity index (χ0) is 25.0. The number of nitro benzene ring substituents is 2. The molecule has 1 aromatic rings. The maximum Gasteiger partial charge on any atom is 0.299 e. The van der Waals surface area contributed by atoms with Crippen LogP contribution in [0.3, 0.4) is 0 Å². The molecule has 0 aliphatic heterocycles. The molecule has 1 aromatic carbocycles. The highest BCUT2D eigenvalue weighted by Gasteiger charge is 2.18. The minimum Gasteiger partial charge on any atom is -0.377 e. The molecule has 1 N–H and O–H groups in total. The fourth-order valence-electron chi connectivity index (χ4n) is 2.52. The quantitative estimate of drug-likeness (QED) is 0.145. The number of benzene rings is 1. The monoisotopic (exact) mass is 489 g/mol. The number of ether oxygens (including phenoxy) is 6. The Hall–Kier alpha value is -2.42. The normalized spacial score (nSPS) is 11.1. The van der Waals surface area contributed by atoms with E-state index in [1.54, 1.807) is 0 Å². The van der Waals surface area contributed by atoms with Crippen molar-refractivity contribution in [2.45, 2.75) is 20.0 Å². The maximum absolute atomic E-state index is 11.1. The molecule has 0 aliphatic carbocycles. The number of anilines is 1. The Morgan fingerprint density at radius 2 is 1.21 bits per heavy atom. The Bertz CT molecular complexity index is 705. The lowest BCUT2D eigenvalue weighted by atomic mass is 10.2. The first-order valence-corrected chi connectivity index (χ1v) is 11.1. The Morgan fingerprint density at radius 3 is 1.65 bits per heavy atom. The van der Waals surface area contributed by atoms with Crippen molar-refractivity contribution in [3.05, 3.63) is 38.4 Å². The maximum atomic E-state index is 11.1. The van der Waals surface area contributed by atoms with Gasteiger partial charge in [-0.05, 0) is 19.9 Å². The molecule has 1 rings (SSSR count). The summed E-state index contributed by atoms with van der Waals surface area (Å²) < 4.78 is 32.3. The molecule has 0 aromatic heterocycles. The first kappa shape index (κ1) is 29.6. The summed E-state index contributed by atoms with van der Waals surface area (Å²) in [5, 5.41) is 24.7. The number of nitrogens with zero attached hydrogens (tertiary/aromatic N) is 2. The lowest BCUT2D eigenvalue weighted by molar-refractivity contribution is -0.393. The molecule has 0 saturated heterocycles. The molecule has 194 valence electrons. The van der Waals surface area contributed by atoms with Crippen LogP contribution in [-0.2, 0) is 28.4 Å². The summed E-state index contributed by atoms with van der Waals surface area (Å²) in [4.78, 5) is 20.5. The molecule has 0 atom stereocenters. The topological polar surface area (TPSA) is 154 Å². The third-order valence-corrected chi connectivity index (χ3v) is 4.12. The van der Waals surface area contributed by atoms with Crippen LogP contribution in [0, 0.1) is 20.2 Å². The predicted octanol–water partition coefficient (Wildman–Crippen LogP) is 2.42. The van der Waals surface area contributed by atoms with Gasteiger partial charge >= 0.3 is 0 Å². The fraction of sp³-hybridized carbons (Fsp3) is 0.714. The van der Waals surface area contributed by atoms with Crippen molar-refractivity contribution in [1.82, 2.24) is 0 Å². The summed E-state index contributed by atoms with van der Waals surface area (Å²) in [5.74, 6) is 0. The first-order chi connectivity index (χ1) is 16.4. The van der Waals surface area contributed by atoms with Crippen LogP contribution in [0.4, 0.5) is 17.1 Å². The van der Waals surface area contributed by atoms with Gasteiger partial charge in [0.2, 0.25) is 0 Å². The van der Waals surface area contributed by atoms with E-state index in [2.05, 4.69) is 5.32 Å². The molecule has 0 radical (unpaired) electrons. The van der Waals surface area contributed by atoms with Gasteiger partial charge < -0.3 is 33.7 Å². The van der Waals surface area contributed by atoms with Crippen molar-refractivity contribution in [1.29, 1.82) is 0 Å². The highest BCUT2D eigenvalue weighted by Crippen LogP contribution is 2.28. The van der Waals surface area contributed by atoms with Gasteiger partial charge in [0.15, 0.2) is 0 Å². The zero-order valence-corrected chi connectivity index (χ0v) is 19.8. The van der Waals surface area contributed by atoms with E-state index in [-0.39, 0.29) is 23.2 Å². The fourth-order valence-corrected chi connectivity index (χ4v) is 2.52. The summed E-state index contributed by atoms with van der Waals surface area (Å²) in [5.41, 5.74) is -0.501. The van der Waals surface area contributed by atoms with Crippen LogP contribution < -0.4 is 5.32 Å². The largest absolute Gasteiger partial charge is 0.377 e. The Balaban J connectivity index is 1.91. The average molecular weight is 490 g/mol. The van der Waals surface area contributed by atoms with Crippen LogP contribution in [0.25, 0.3) is 0 Å². The smallest absolute Gasteiger partial charge is 0.299 e. The van der Waals surface area contributed by atoms with Crippen LogP contribution >= 0.6 is 0 Å². The molecular formula is C21H35N3O10.